The number of amides is 2. The Balaban J connectivity index is 1.69. The van der Waals surface area contributed by atoms with Gasteiger partial charge in [0.2, 0.25) is 11.7 Å². The van der Waals surface area contributed by atoms with E-state index in [1.165, 1.54) is 18.4 Å². The molecule has 0 radical (unpaired) electrons. The number of hydrogen-bond acceptors (Lipinski definition) is 5. The number of Topliss-reactive ketones (excluding diaryl/α,β-unsaturated/α-hetero) is 1. The highest BCUT2D eigenvalue weighted by atomic mass is 32.1. The number of ketones is 1. The van der Waals surface area contributed by atoms with Crippen molar-refractivity contribution in [3.63, 3.8) is 0 Å². The van der Waals surface area contributed by atoms with Gasteiger partial charge in [0.15, 0.2) is 5.13 Å². The van der Waals surface area contributed by atoms with E-state index < -0.39 is 5.91 Å². The molecular weight excluding hydrogens is 362 g/mol. The van der Waals surface area contributed by atoms with E-state index in [9.17, 15) is 14.4 Å². The summed E-state index contributed by atoms with van der Waals surface area (Å²) in [6.07, 6.45) is 3.76. The van der Waals surface area contributed by atoms with Gasteiger partial charge in [-0.15, -0.1) is 11.3 Å². The highest BCUT2D eigenvalue weighted by molar-refractivity contribution is 7.16. The Labute approximate surface area is 163 Å². The molecule has 2 N–H and O–H groups in total. The molecule has 1 aromatic carbocycles. The molecule has 0 saturated carbocycles. The van der Waals surface area contributed by atoms with Crippen molar-refractivity contribution in [2.45, 2.75) is 45.4 Å². The number of benzene rings is 1. The number of carbonyl (C=O) groups excluding carboxylic acids is 3. The predicted molar refractivity (Wildman–Crippen MR) is 108 cm³/mol. The van der Waals surface area contributed by atoms with Crippen molar-refractivity contribution in [3.05, 3.63) is 35.2 Å². The normalized spacial score (nSPS) is 10.4. The summed E-state index contributed by atoms with van der Waals surface area (Å²) in [7, 11) is 1.45. The van der Waals surface area contributed by atoms with Gasteiger partial charge in [-0.3, -0.25) is 14.4 Å². The lowest BCUT2D eigenvalue weighted by Crippen LogP contribution is -2.27. The first-order valence-electron chi connectivity index (χ1n) is 9.09. The molecule has 7 heteroatoms. The number of aromatic nitrogens is 1. The number of nitrogens with one attached hydrogen (secondary N) is 2. The quantitative estimate of drug-likeness (QED) is 0.480. The maximum Gasteiger partial charge on any atom is 0.287 e. The summed E-state index contributed by atoms with van der Waals surface area (Å²) in [5.41, 5.74) is 1.94. The van der Waals surface area contributed by atoms with Crippen LogP contribution in [0.5, 0.6) is 0 Å². The molecule has 0 bridgehead atoms. The van der Waals surface area contributed by atoms with E-state index in [1.54, 1.807) is 0 Å². The van der Waals surface area contributed by atoms with E-state index in [0.717, 1.165) is 35.4 Å². The van der Waals surface area contributed by atoms with Crippen molar-refractivity contribution < 1.29 is 14.4 Å². The van der Waals surface area contributed by atoms with E-state index in [0.29, 0.717) is 18.0 Å². The van der Waals surface area contributed by atoms with Crippen molar-refractivity contribution in [2.24, 2.45) is 0 Å². The molecule has 2 amide bonds. The number of thiazole rings is 1. The number of hydrogen-bond donors (Lipinski definition) is 2. The minimum atomic E-state index is -0.539. The van der Waals surface area contributed by atoms with Crippen LogP contribution >= 0.6 is 11.3 Å². The monoisotopic (exact) mass is 387 g/mol. The minimum Gasteiger partial charge on any atom is -0.353 e. The number of unbranched alkanes of at least 4 members (excludes halogenated alkanes) is 3. The summed E-state index contributed by atoms with van der Waals surface area (Å²) in [4.78, 5) is 40.1. The molecule has 0 aliphatic rings. The van der Waals surface area contributed by atoms with Gasteiger partial charge in [0.1, 0.15) is 0 Å². The molecular formula is C20H25N3O3S. The molecule has 2 rings (SSSR count). The SMILES string of the molecule is CNC(=O)C(=O)CCCCCCC(=O)Nc1nc(-c2ccccc2)c(C)s1. The Hall–Kier alpha value is -2.54. The minimum absolute atomic E-state index is 0.0511. The third kappa shape index (κ3) is 6.60. The molecule has 144 valence electrons. The van der Waals surface area contributed by atoms with Crippen molar-refractivity contribution in [2.75, 3.05) is 12.4 Å². The lowest BCUT2D eigenvalue weighted by atomic mass is 10.1. The lowest BCUT2D eigenvalue weighted by molar-refractivity contribution is -0.137. The molecule has 0 saturated heterocycles. The van der Waals surface area contributed by atoms with Gasteiger partial charge < -0.3 is 10.6 Å². The van der Waals surface area contributed by atoms with Crippen LogP contribution in [0.1, 0.15) is 43.4 Å². The van der Waals surface area contributed by atoms with Crippen LogP contribution in [0.4, 0.5) is 5.13 Å². The first kappa shape index (κ1) is 20.8. The fourth-order valence-corrected chi connectivity index (χ4v) is 3.53. The number of aryl methyl sites for hydroxylation is 1. The van der Waals surface area contributed by atoms with Crippen molar-refractivity contribution >= 4 is 34.1 Å². The van der Waals surface area contributed by atoms with Crippen LogP contribution in [0.2, 0.25) is 0 Å². The van der Waals surface area contributed by atoms with Crippen LogP contribution in [0.3, 0.4) is 0 Å². The van der Waals surface area contributed by atoms with Gasteiger partial charge in [0, 0.05) is 30.3 Å². The molecule has 0 fully saturated rings. The summed E-state index contributed by atoms with van der Waals surface area (Å²) in [5.74, 6) is -0.976. The second kappa shape index (κ2) is 10.6. The number of carbonyl (C=O) groups is 3. The third-order valence-corrected chi connectivity index (χ3v) is 5.01. The topological polar surface area (TPSA) is 88.2 Å². The van der Waals surface area contributed by atoms with Crippen LogP contribution in [0.15, 0.2) is 30.3 Å². The molecule has 0 unspecified atom stereocenters. The summed E-state index contributed by atoms with van der Waals surface area (Å²) >= 11 is 1.47. The van der Waals surface area contributed by atoms with Gasteiger partial charge in [-0.1, -0.05) is 43.2 Å². The maximum atomic E-state index is 12.1. The second-order valence-electron chi connectivity index (χ2n) is 6.25. The van der Waals surface area contributed by atoms with Gasteiger partial charge in [0.05, 0.1) is 5.69 Å². The maximum absolute atomic E-state index is 12.1. The Morgan fingerprint density at radius 1 is 1.00 bits per heavy atom. The molecule has 0 spiro atoms. The summed E-state index contributed by atoms with van der Waals surface area (Å²) in [6.45, 7) is 2.00. The van der Waals surface area contributed by atoms with E-state index in [4.69, 9.17) is 0 Å². The number of rotatable bonds is 10. The van der Waals surface area contributed by atoms with Crippen LogP contribution < -0.4 is 10.6 Å². The average molecular weight is 388 g/mol. The van der Waals surface area contributed by atoms with Crippen LogP contribution in [-0.2, 0) is 14.4 Å². The third-order valence-electron chi connectivity index (χ3n) is 4.13. The van der Waals surface area contributed by atoms with Crippen molar-refractivity contribution in [1.29, 1.82) is 0 Å². The summed E-state index contributed by atoms with van der Waals surface area (Å²) in [6, 6.07) is 9.90. The largest absolute Gasteiger partial charge is 0.353 e. The van der Waals surface area contributed by atoms with Gasteiger partial charge in [-0.25, -0.2) is 4.98 Å². The molecule has 1 aromatic heterocycles. The van der Waals surface area contributed by atoms with Gasteiger partial charge in [-0.2, -0.15) is 0 Å². The second-order valence-corrected chi connectivity index (χ2v) is 7.46. The first-order valence-corrected chi connectivity index (χ1v) is 9.90. The lowest BCUT2D eigenvalue weighted by Gasteiger charge is -2.02. The van der Waals surface area contributed by atoms with E-state index >= 15 is 0 Å². The van der Waals surface area contributed by atoms with Crippen LogP contribution in [0.25, 0.3) is 11.3 Å². The molecule has 0 aliphatic heterocycles. The average Bonchev–Trinajstić information content (AvgIpc) is 3.04. The molecule has 0 aliphatic carbocycles. The Kier molecular flexibility index (Phi) is 8.13. The molecule has 6 nitrogen and oxygen atoms in total. The zero-order chi connectivity index (χ0) is 19.6. The van der Waals surface area contributed by atoms with E-state index in [2.05, 4.69) is 15.6 Å². The van der Waals surface area contributed by atoms with Gasteiger partial charge in [0.25, 0.3) is 5.91 Å². The van der Waals surface area contributed by atoms with Crippen LogP contribution in [0, 0.1) is 6.92 Å². The van der Waals surface area contributed by atoms with Gasteiger partial charge >= 0.3 is 0 Å². The number of anilines is 1. The first-order chi connectivity index (χ1) is 13.0. The highest BCUT2D eigenvalue weighted by Gasteiger charge is 2.12. The Morgan fingerprint density at radius 3 is 2.33 bits per heavy atom. The zero-order valence-corrected chi connectivity index (χ0v) is 16.5. The van der Waals surface area contributed by atoms with Crippen molar-refractivity contribution in [3.8, 4) is 11.3 Å². The number of nitrogens with zero attached hydrogens (tertiary/aromatic N) is 1. The van der Waals surface area contributed by atoms with E-state index in [-0.39, 0.29) is 18.1 Å². The zero-order valence-electron chi connectivity index (χ0n) is 15.7. The fourth-order valence-electron chi connectivity index (χ4n) is 2.67. The predicted octanol–water partition coefficient (Wildman–Crippen LogP) is 3.71. The molecule has 2 aromatic rings. The standard InChI is InChI=1S/C20H25N3O3S/c1-14-18(15-10-6-5-7-11-15)23-20(27-14)22-17(25)13-9-4-3-8-12-16(24)19(26)21-2/h5-7,10-11H,3-4,8-9,12-13H2,1-2H3,(H,21,26)(H,22,23,25). The van der Waals surface area contributed by atoms with Crippen LogP contribution in [-0.4, -0.2) is 29.6 Å². The van der Waals surface area contributed by atoms with Crippen molar-refractivity contribution in [1.82, 2.24) is 10.3 Å². The molecule has 27 heavy (non-hydrogen) atoms. The van der Waals surface area contributed by atoms with Gasteiger partial charge in [-0.05, 0) is 19.8 Å². The Morgan fingerprint density at radius 2 is 1.67 bits per heavy atom. The smallest absolute Gasteiger partial charge is 0.287 e. The molecule has 0 atom stereocenters. The Bertz CT molecular complexity index is 787. The summed E-state index contributed by atoms with van der Waals surface area (Å²) in [5, 5.41) is 5.81. The highest BCUT2D eigenvalue weighted by Crippen LogP contribution is 2.30. The van der Waals surface area contributed by atoms with E-state index in [1.807, 2.05) is 37.3 Å². The molecule has 1 heterocycles. The fraction of sp³-hybridized carbons (Fsp3) is 0.400. The number of likely N-dealkylation sites (N-methyl/N-ethyl adjacent to an activating group) is 1. The summed E-state index contributed by atoms with van der Waals surface area (Å²) < 4.78 is 0.